The van der Waals surface area contributed by atoms with Crippen LogP contribution in [0.3, 0.4) is 0 Å². The Kier molecular flexibility index (Phi) is 8.59. The van der Waals surface area contributed by atoms with Crippen LogP contribution >= 0.6 is 0 Å². The molecule has 0 nitrogen and oxygen atoms in total. The topological polar surface area (TPSA) is 0 Å². The third-order valence-electron chi connectivity index (χ3n) is 3.06. The van der Waals surface area contributed by atoms with E-state index in [1.165, 1.54) is 44.9 Å². The molecule has 0 aromatic carbocycles. The van der Waals surface area contributed by atoms with E-state index in [4.69, 9.17) is 0 Å². The van der Waals surface area contributed by atoms with Gasteiger partial charge in [-0.15, -0.1) is 0 Å². The lowest BCUT2D eigenvalue weighted by atomic mass is 9.88. The van der Waals surface area contributed by atoms with Crippen molar-refractivity contribution in [1.82, 2.24) is 0 Å². The first kappa shape index (κ1) is 13.0. The summed E-state index contributed by atoms with van der Waals surface area (Å²) < 4.78 is 0. The summed E-state index contributed by atoms with van der Waals surface area (Å²) in [5.74, 6) is 1.95. The second kappa shape index (κ2) is 8.59. The Morgan fingerprint density at radius 1 is 0.923 bits per heavy atom. The molecule has 80 valence electrons. The molecule has 0 spiro atoms. The maximum Gasteiger partial charge on any atom is -0.0414 e. The summed E-state index contributed by atoms with van der Waals surface area (Å²) in [6.07, 6.45) is 9.86. The highest BCUT2D eigenvalue weighted by Gasteiger charge is 2.10. The van der Waals surface area contributed by atoms with E-state index in [2.05, 4.69) is 27.7 Å². The molecule has 0 heteroatoms. The Bertz CT molecular complexity index is 96.2. The van der Waals surface area contributed by atoms with Gasteiger partial charge in [-0.25, -0.2) is 0 Å². The lowest BCUT2D eigenvalue weighted by Crippen LogP contribution is -2.05. The van der Waals surface area contributed by atoms with Gasteiger partial charge in [0.15, 0.2) is 0 Å². The van der Waals surface area contributed by atoms with E-state index in [0.29, 0.717) is 0 Å². The lowest BCUT2D eigenvalue weighted by molar-refractivity contribution is 0.338. The minimum Gasteiger partial charge on any atom is -0.0654 e. The van der Waals surface area contributed by atoms with E-state index in [0.717, 1.165) is 11.8 Å². The summed E-state index contributed by atoms with van der Waals surface area (Å²) in [5.41, 5.74) is 0. The highest BCUT2D eigenvalue weighted by atomic mass is 14.2. The van der Waals surface area contributed by atoms with Gasteiger partial charge in [-0.3, -0.25) is 0 Å². The van der Waals surface area contributed by atoms with Gasteiger partial charge in [-0.05, 0) is 18.3 Å². The molecule has 0 N–H and O–H groups in total. The molecule has 0 rings (SSSR count). The molecular formula is C13H28. The molecule has 0 saturated carbocycles. The summed E-state index contributed by atoms with van der Waals surface area (Å²) in [6.45, 7) is 9.35. The van der Waals surface area contributed by atoms with Crippen molar-refractivity contribution in [1.29, 1.82) is 0 Å². The Balaban J connectivity index is 3.56. The molecular weight excluding hydrogens is 156 g/mol. The molecule has 0 bridgehead atoms. The van der Waals surface area contributed by atoms with Crippen LogP contribution in [0.4, 0.5) is 0 Å². The number of unbranched alkanes of at least 4 members (excludes halogenated alkanes) is 1. The Labute approximate surface area is 85.1 Å². The van der Waals surface area contributed by atoms with Crippen LogP contribution in [0.1, 0.15) is 72.6 Å². The zero-order valence-electron chi connectivity index (χ0n) is 10.1. The summed E-state index contributed by atoms with van der Waals surface area (Å²) in [4.78, 5) is 0. The minimum absolute atomic E-state index is 0.951. The number of hydrogen-bond acceptors (Lipinski definition) is 0. The summed E-state index contributed by atoms with van der Waals surface area (Å²) in [6, 6.07) is 0. The zero-order chi connectivity index (χ0) is 10.1. The van der Waals surface area contributed by atoms with Gasteiger partial charge in [0.05, 0.1) is 0 Å². The minimum atomic E-state index is 0.951. The molecule has 0 amide bonds. The molecule has 0 radical (unpaired) electrons. The van der Waals surface area contributed by atoms with Crippen LogP contribution in [-0.4, -0.2) is 0 Å². The van der Waals surface area contributed by atoms with Gasteiger partial charge in [0, 0.05) is 0 Å². The molecule has 0 heterocycles. The molecule has 0 saturated heterocycles. The van der Waals surface area contributed by atoms with E-state index in [-0.39, 0.29) is 0 Å². The van der Waals surface area contributed by atoms with Gasteiger partial charge in [0.1, 0.15) is 0 Å². The third kappa shape index (κ3) is 7.10. The monoisotopic (exact) mass is 184 g/mol. The fourth-order valence-corrected chi connectivity index (χ4v) is 2.16. The van der Waals surface area contributed by atoms with Crippen LogP contribution in [0.5, 0.6) is 0 Å². The first-order valence-corrected chi connectivity index (χ1v) is 6.24. The van der Waals surface area contributed by atoms with Crippen LogP contribution in [0.15, 0.2) is 0 Å². The molecule has 0 aromatic heterocycles. The second-order valence-electron chi connectivity index (χ2n) is 4.55. The Morgan fingerprint density at radius 3 is 2.08 bits per heavy atom. The number of rotatable bonds is 8. The molecule has 0 aromatic rings. The molecule has 2 unspecified atom stereocenters. The van der Waals surface area contributed by atoms with Gasteiger partial charge >= 0.3 is 0 Å². The third-order valence-corrected chi connectivity index (χ3v) is 3.06. The SMILES string of the molecule is CCCCC(CC)CC(C)CCC. The quantitative estimate of drug-likeness (QED) is 0.496. The maximum atomic E-state index is 2.41. The molecule has 13 heavy (non-hydrogen) atoms. The van der Waals surface area contributed by atoms with Crippen molar-refractivity contribution < 1.29 is 0 Å². The molecule has 0 fully saturated rings. The zero-order valence-corrected chi connectivity index (χ0v) is 10.1. The molecule has 0 aliphatic carbocycles. The standard InChI is InChI=1S/C13H28/c1-5-8-10-13(7-3)11-12(4)9-6-2/h12-13H,5-11H2,1-4H3. The molecule has 2 atom stereocenters. The van der Waals surface area contributed by atoms with E-state index < -0.39 is 0 Å². The summed E-state index contributed by atoms with van der Waals surface area (Å²) >= 11 is 0. The van der Waals surface area contributed by atoms with Crippen LogP contribution in [-0.2, 0) is 0 Å². The van der Waals surface area contributed by atoms with Crippen LogP contribution < -0.4 is 0 Å². The van der Waals surface area contributed by atoms with Gasteiger partial charge in [0.2, 0.25) is 0 Å². The smallest absolute Gasteiger partial charge is 0.0414 e. The molecule has 0 aliphatic rings. The van der Waals surface area contributed by atoms with Gasteiger partial charge in [-0.1, -0.05) is 66.2 Å². The first-order valence-electron chi connectivity index (χ1n) is 6.24. The van der Waals surface area contributed by atoms with Crippen molar-refractivity contribution >= 4 is 0 Å². The normalized spacial score (nSPS) is 15.7. The van der Waals surface area contributed by atoms with E-state index >= 15 is 0 Å². The van der Waals surface area contributed by atoms with Crippen molar-refractivity contribution in [2.24, 2.45) is 11.8 Å². The van der Waals surface area contributed by atoms with Crippen LogP contribution in [0.2, 0.25) is 0 Å². The van der Waals surface area contributed by atoms with Gasteiger partial charge in [0.25, 0.3) is 0 Å². The average Bonchev–Trinajstić information content (AvgIpc) is 2.12. The van der Waals surface area contributed by atoms with Crippen LogP contribution in [0, 0.1) is 11.8 Å². The van der Waals surface area contributed by atoms with E-state index in [9.17, 15) is 0 Å². The molecule has 0 aliphatic heterocycles. The van der Waals surface area contributed by atoms with Gasteiger partial charge < -0.3 is 0 Å². The second-order valence-corrected chi connectivity index (χ2v) is 4.55. The van der Waals surface area contributed by atoms with Crippen molar-refractivity contribution in [2.45, 2.75) is 72.6 Å². The van der Waals surface area contributed by atoms with E-state index in [1.807, 2.05) is 0 Å². The Morgan fingerprint density at radius 2 is 1.62 bits per heavy atom. The maximum absolute atomic E-state index is 2.41. The summed E-state index contributed by atoms with van der Waals surface area (Å²) in [7, 11) is 0. The predicted molar refractivity (Wildman–Crippen MR) is 62.0 cm³/mol. The number of hydrogen-bond donors (Lipinski definition) is 0. The van der Waals surface area contributed by atoms with Crippen molar-refractivity contribution in [3.05, 3.63) is 0 Å². The fraction of sp³-hybridized carbons (Fsp3) is 1.00. The van der Waals surface area contributed by atoms with Crippen molar-refractivity contribution in [2.75, 3.05) is 0 Å². The van der Waals surface area contributed by atoms with Gasteiger partial charge in [-0.2, -0.15) is 0 Å². The van der Waals surface area contributed by atoms with Crippen LogP contribution in [0.25, 0.3) is 0 Å². The highest BCUT2D eigenvalue weighted by molar-refractivity contribution is 4.62. The highest BCUT2D eigenvalue weighted by Crippen LogP contribution is 2.23. The summed E-state index contributed by atoms with van der Waals surface area (Å²) in [5, 5.41) is 0. The largest absolute Gasteiger partial charge is 0.0654 e. The first-order chi connectivity index (χ1) is 6.24. The van der Waals surface area contributed by atoms with E-state index in [1.54, 1.807) is 0 Å². The predicted octanol–water partition coefficient (Wildman–Crippen LogP) is 5.03. The lowest BCUT2D eigenvalue weighted by Gasteiger charge is -2.18. The average molecular weight is 184 g/mol. The van der Waals surface area contributed by atoms with Crippen molar-refractivity contribution in [3.8, 4) is 0 Å². The van der Waals surface area contributed by atoms with Crippen molar-refractivity contribution in [3.63, 3.8) is 0 Å². The fourth-order valence-electron chi connectivity index (χ4n) is 2.16. The Hall–Kier alpha value is 0.